The van der Waals surface area contributed by atoms with Crippen molar-refractivity contribution in [3.63, 3.8) is 0 Å². The molecule has 1 fully saturated rings. The summed E-state index contributed by atoms with van der Waals surface area (Å²) >= 11 is 0. The van der Waals surface area contributed by atoms with Crippen molar-refractivity contribution >= 4 is 5.91 Å². The zero-order chi connectivity index (χ0) is 18.6. The lowest BCUT2D eigenvalue weighted by Gasteiger charge is -2.33. The molecule has 2 N–H and O–H groups in total. The van der Waals surface area contributed by atoms with Gasteiger partial charge in [0.1, 0.15) is 5.75 Å². The van der Waals surface area contributed by atoms with E-state index in [0.29, 0.717) is 12.3 Å². The average Bonchev–Trinajstić information content (AvgIpc) is 3.04. The Hall–Kier alpha value is -2.37. The molecule has 1 saturated heterocycles. The quantitative estimate of drug-likeness (QED) is 0.855. The van der Waals surface area contributed by atoms with Crippen LogP contribution in [0.4, 0.5) is 0 Å². The summed E-state index contributed by atoms with van der Waals surface area (Å²) in [5, 5.41) is 12.9. The molecule has 4 rings (SSSR count). The number of fused-ring (bicyclic) bond motifs is 1. The van der Waals surface area contributed by atoms with E-state index in [2.05, 4.69) is 39.4 Å². The van der Waals surface area contributed by atoms with Crippen LogP contribution in [0.25, 0.3) is 0 Å². The Morgan fingerprint density at radius 1 is 1.07 bits per heavy atom. The van der Waals surface area contributed by atoms with Crippen LogP contribution in [0.2, 0.25) is 0 Å². The standard InChI is InChI=1S/C22H27N3O2/c26-21-9-3-5-17(11-21)12-24-10-4-8-20(15-24)23-22(27)16-25-13-18-6-1-2-7-19(18)14-25/h1-3,5-7,9,11,20,26H,4,8,10,12-16H2,(H,23,27)/t20-/m0/s1. The van der Waals surface area contributed by atoms with Gasteiger partial charge >= 0.3 is 0 Å². The summed E-state index contributed by atoms with van der Waals surface area (Å²) < 4.78 is 0. The van der Waals surface area contributed by atoms with Crippen molar-refractivity contribution in [1.82, 2.24) is 15.1 Å². The molecule has 2 aliphatic rings. The number of piperidine rings is 1. The fraction of sp³-hybridized carbons (Fsp3) is 0.409. The summed E-state index contributed by atoms with van der Waals surface area (Å²) in [5.74, 6) is 0.424. The number of nitrogens with one attached hydrogen (secondary N) is 1. The summed E-state index contributed by atoms with van der Waals surface area (Å²) in [7, 11) is 0. The molecule has 27 heavy (non-hydrogen) atoms. The first-order valence-corrected chi connectivity index (χ1v) is 9.74. The molecule has 2 aromatic carbocycles. The maximum absolute atomic E-state index is 12.5. The number of phenolic OH excluding ortho intramolecular Hbond substituents is 1. The van der Waals surface area contributed by atoms with Gasteiger partial charge in [0.15, 0.2) is 0 Å². The van der Waals surface area contributed by atoms with Gasteiger partial charge in [0, 0.05) is 32.2 Å². The lowest BCUT2D eigenvalue weighted by atomic mass is 10.0. The summed E-state index contributed by atoms with van der Waals surface area (Å²) in [4.78, 5) is 17.1. The normalized spacial score (nSPS) is 20.4. The van der Waals surface area contributed by atoms with Crippen LogP contribution < -0.4 is 5.32 Å². The number of carbonyl (C=O) groups is 1. The van der Waals surface area contributed by atoms with Crippen molar-refractivity contribution in [1.29, 1.82) is 0 Å². The molecular weight excluding hydrogens is 338 g/mol. The fourth-order valence-corrected chi connectivity index (χ4v) is 4.22. The van der Waals surface area contributed by atoms with Crippen LogP contribution in [0.3, 0.4) is 0 Å². The van der Waals surface area contributed by atoms with E-state index in [0.717, 1.165) is 51.1 Å². The van der Waals surface area contributed by atoms with Crippen molar-refractivity contribution in [2.75, 3.05) is 19.6 Å². The molecule has 0 bridgehead atoms. The van der Waals surface area contributed by atoms with E-state index in [1.54, 1.807) is 6.07 Å². The molecular formula is C22H27N3O2. The highest BCUT2D eigenvalue weighted by molar-refractivity contribution is 5.78. The molecule has 5 heteroatoms. The largest absolute Gasteiger partial charge is 0.508 e. The van der Waals surface area contributed by atoms with E-state index < -0.39 is 0 Å². The van der Waals surface area contributed by atoms with Gasteiger partial charge in [-0.15, -0.1) is 0 Å². The Morgan fingerprint density at radius 2 is 1.85 bits per heavy atom. The predicted molar refractivity (Wildman–Crippen MR) is 105 cm³/mol. The van der Waals surface area contributed by atoms with Crippen molar-refractivity contribution < 1.29 is 9.90 Å². The van der Waals surface area contributed by atoms with Crippen molar-refractivity contribution in [3.8, 4) is 5.75 Å². The number of likely N-dealkylation sites (tertiary alicyclic amines) is 1. The first kappa shape index (κ1) is 18.0. The van der Waals surface area contributed by atoms with E-state index in [1.807, 2.05) is 18.2 Å². The smallest absolute Gasteiger partial charge is 0.234 e. The van der Waals surface area contributed by atoms with Crippen LogP contribution in [-0.2, 0) is 24.4 Å². The number of amides is 1. The van der Waals surface area contributed by atoms with Crippen LogP contribution in [0.5, 0.6) is 5.75 Å². The summed E-state index contributed by atoms with van der Waals surface area (Å²) in [6.45, 7) is 4.88. The Kier molecular flexibility index (Phi) is 5.41. The lowest BCUT2D eigenvalue weighted by Crippen LogP contribution is -2.49. The number of carbonyl (C=O) groups excluding carboxylic acids is 1. The minimum absolute atomic E-state index is 0.118. The van der Waals surface area contributed by atoms with E-state index in [-0.39, 0.29) is 11.9 Å². The van der Waals surface area contributed by atoms with E-state index in [4.69, 9.17) is 0 Å². The van der Waals surface area contributed by atoms with E-state index in [9.17, 15) is 9.90 Å². The van der Waals surface area contributed by atoms with Gasteiger partial charge in [-0.2, -0.15) is 0 Å². The summed E-state index contributed by atoms with van der Waals surface area (Å²) in [6, 6.07) is 16.0. The SMILES string of the molecule is O=C(CN1Cc2ccccc2C1)N[C@H]1CCCN(Cc2cccc(O)c2)C1. The van der Waals surface area contributed by atoms with E-state index >= 15 is 0 Å². The fourth-order valence-electron chi connectivity index (χ4n) is 4.22. The van der Waals surface area contributed by atoms with Gasteiger partial charge in [0.05, 0.1) is 6.54 Å². The molecule has 0 spiro atoms. The van der Waals surface area contributed by atoms with Gasteiger partial charge in [-0.05, 0) is 48.2 Å². The Labute approximate surface area is 160 Å². The first-order chi connectivity index (χ1) is 13.2. The highest BCUT2D eigenvalue weighted by atomic mass is 16.3. The van der Waals surface area contributed by atoms with Gasteiger partial charge in [0.25, 0.3) is 0 Å². The highest BCUT2D eigenvalue weighted by Gasteiger charge is 2.24. The van der Waals surface area contributed by atoms with Crippen LogP contribution >= 0.6 is 0 Å². The molecule has 0 aliphatic carbocycles. The minimum Gasteiger partial charge on any atom is -0.508 e. The zero-order valence-electron chi connectivity index (χ0n) is 15.6. The third-order valence-electron chi connectivity index (χ3n) is 5.46. The maximum atomic E-state index is 12.5. The number of hydrogen-bond donors (Lipinski definition) is 2. The molecule has 2 aromatic rings. The average molecular weight is 365 g/mol. The second kappa shape index (κ2) is 8.11. The molecule has 1 atom stereocenters. The van der Waals surface area contributed by atoms with E-state index in [1.165, 1.54) is 11.1 Å². The third kappa shape index (κ3) is 4.67. The van der Waals surface area contributed by atoms with Crippen molar-refractivity contribution in [3.05, 3.63) is 65.2 Å². The number of phenols is 1. The molecule has 0 saturated carbocycles. The van der Waals surface area contributed by atoms with Crippen LogP contribution in [0.15, 0.2) is 48.5 Å². The van der Waals surface area contributed by atoms with Crippen LogP contribution in [-0.4, -0.2) is 46.5 Å². The molecule has 0 aromatic heterocycles. The highest BCUT2D eigenvalue weighted by Crippen LogP contribution is 2.22. The lowest BCUT2D eigenvalue weighted by molar-refractivity contribution is -0.123. The van der Waals surface area contributed by atoms with Crippen LogP contribution in [0.1, 0.15) is 29.5 Å². The van der Waals surface area contributed by atoms with Gasteiger partial charge < -0.3 is 10.4 Å². The monoisotopic (exact) mass is 365 g/mol. The van der Waals surface area contributed by atoms with Gasteiger partial charge in [-0.3, -0.25) is 14.6 Å². The van der Waals surface area contributed by atoms with Gasteiger partial charge in [-0.25, -0.2) is 0 Å². The topological polar surface area (TPSA) is 55.8 Å². The number of benzene rings is 2. The Bertz CT molecular complexity index is 783. The molecule has 5 nitrogen and oxygen atoms in total. The maximum Gasteiger partial charge on any atom is 0.234 e. The summed E-state index contributed by atoms with van der Waals surface area (Å²) in [5.41, 5.74) is 3.78. The van der Waals surface area contributed by atoms with Gasteiger partial charge in [0.2, 0.25) is 5.91 Å². The van der Waals surface area contributed by atoms with Gasteiger partial charge in [-0.1, -0.05) is 36.4 Å². The van der Waals surface area contributed by atoms with Crippen molar-refractivity contribution in [2.24, 2.45) is 0 Å². The first-order valence-electron chi connectivity index (χ1n) is 9.74. The number of rotatable bonds is 5. The minimum atomic E-state index is 0.118. The Balaban J connectivity index is 1.26. The Morgan fingerprint density at radius 3 is 2.59 bits per heavy atom. The molecule has 1 amide bonds. The van der Waals surface area contributed by atoms with Crippen LogP contribution in [0, 0.1) is 0 Å². The zero-order valence-corrected chi connectivity index (χ0v) is 15.6. The molecule has 2 heterocycles. The number of nitrogens with zero attached hydrogens (tertiary/aromatic N) is 2. The molecule has 0 unspecified atom stereocenters. The number of hydrogen-bond acceptors (Lipinski definition) is 4. The number of aromatic hydroxyl groups is 1. The second-order valence-corrected chi connectivity index (χ2v) is 7.73. The second-order valence-electron chi connectivity index (χ2n) is 7.73. The molecule has 142 valence electrons. The summed E-state index contributed by atoms with van der Waals surface area (Å²) in [6.07, 6.45) is 2.11. The predicted octanol–water partition coefficient (Wildman–Crippen LogP) is 2.49. The molecule has 0 radical (unpaired) electrons. The molecule has 2 aliphatic heterocycles. The van der Waals surface area contributed by atoms with Crippen molar-refractivity contribution in [2.45, 2.75) is 38.5 Å². The third-order valence-corrected chi connectivity index (χ3v) is 5.46.